The van der Waals surface area contributed by atoms with Crippen LogP contribution in [-0.4, -0.2) is 35.7 Å². The Morgan fingerprint density at radius 2 is 2.39 bits per heavy atom. The SMILES string of the molecule is COc1cccc(C(=O)NC2CCCSC2)c1O. The summed E-state index contributed by atoms with van der Waals surface area (Å²) < 4.78 is 4.99. The van der Waals surface area contributed by atoms with E-state index in [0.29, 0.717) is 5.75 Å². The summed E-state index contributed by atoms with van der Waals surface area (Å²) in [4.78, 5) is 12.1. The lowest BCUT2D eigenvalue weighted by atomic mass is 10.1. The smallest absolute Gasteiger partial charge is 0.255 e. The van der Waals surface area contributed by atoms with Crippen molar-refractivity contribution in [3.63, 3.8) is 0 Å². The lowest BCUT2D eigenvalue weighted by molar-refractivity contribution is 0.0935. The Morgan fingerprint density at radius 3 is 3.06 bits per heavy atom. The van der Waals surface area contributed by atoms with E-state index in [4.69, 9.17) is 4.74 Å². The second kappa shape index (κ2) is 6.00. The number of amides is 1. The number of ether oxygens (including phenoxy) is 1. The van der Waals surface area contributed by atoms with Crippen molar-refractivity contribution >= 4 is 17.7 Å². The molecule has 1 saturated heterocycles. The summed E-state index contributed by atoms with van der Waals surface area (Å²) in [5.41, 5.74) is 0.268. The first-order valence-electron chi connectivity index (χ1n) is 5.97. The van der Waals surface area contributed by atoms with Crippen LogP contribution in [0.2, 0.25) is 0 Å². The van der Waals surface area contributed by atoms with E-state index < -0.39 is 0 Å². The number of benzene rings is 1. The molecule has 0 bridgehead atoms. The van der Waals surface area contributed by atoms with Gasteiger partial charge in [-0.25, -0.2) is 0 Å². The number of carbonyl (C=O) groups excluding carboxylic acids is 1. The molecule has 1 amide bonds. The average molecular weight is 267 g/mol. The Hall–Kier alpha value is -1.36. The maximum Gasteiger partial charge on any atom is 0.255 e. The van der Waals surface area contributed by atoms with Crippen molar-refractivity contribution in [1.82, 2.24) is 5.32 Å². The quantitative estimate of drug-likeness (QED) is 0.879. The van der Waals surface area contributed by atoms with Crippen molar-refractivity contribution in [2.45, 2.75) is 18.9 Å². The highest BCUT2D eigenvalue weighted by molar-refractivity contribution is 7.99. The molecule has 0 spiro atoms. The van der Waals surface area contributed by atoms with Crippen molar-refractivity contribution in [1.29, 1.82) is 0 Å². The summed E-state index contributed by atoms with van der Waals surface area (Å²) in [6.07, 6.45) is 2.13. The van der Waals surface area contributed by atoms with E-state index >= 15 is 0 Å². The molecule has 1 aromatic rings. The first-order chi connectivity index (χ1) is 8.72. The van der Waals surface area contributed by atoms with Crippen LogP contribution < -0.4 is 10.1 Å². The van der Waals surface area contributed by atoms with Crippen molar-refractivity contribution < 1.29 is 14.6 Å². The molecule has 1 unspecified atom stereocenters. The standard InChI is InChI=1S/C13H17NO3S/c1-17-11-6-2-5-10(12(11)15)13(16)14-9-4-3-7-18-8-9/h2,5-6,9,15H,3-4,7-8H2,1H3,(H,14,16). The molecule has 1 heterocycles. The average Bonchev–Trinajstić information content (AvgIpc) is 2.40. The van der Waals surface area contributed by atoms with Gasteiger partial charge < -0.3 is 15.2 Å². The second-order valence-corrected chi connectivity index (χ2v) is 5.39. The van der Waals surface area contributed by atoms with Crippen LogP contribution in [0.25, 0.3) is 0 Å². The largest absolute Gasteiger partial charge is 0.504 e. The molecule has 4 nitrogen and oxygen atoms in total. The highest BCUT2D eigenvalue weighted by atomic mass is 32.2. The van der Waals surface area contributed by atoms with Crippen LogP contribution in [0.5, 0.6) is 11.5 Å². The van der Waals surface area contributed by atoms with E-state index in [-0.39, 0.29) is 23.3 Å². The number of methoxy groups -OCH3 is 1. The summed E-state index contributed by atoms with van der Waals surface area (Å²) >= 11 is 1.85. The van der Waals surface area contributed by atoms with Gasteiger partial charge in [0.1, 0.15) is 0 Å². The normalized spacial score (nSPS) is 19.3. The van der Waals surface area contributed by atoms with Crippen LogP contribution >= 0.6 is 11.8 Å². The molecular weight excluding hydrogens is 250 g/mol. The Kier molecular flexibility index (Phi) is 4.36. The minimum Gasteiger partial charge on any atom is -0.504 e. The molecule has 0 radical (unpaired) electrons. The van der Waals surface area contributed by atoms with Crippen molar-refractivity contribution in [3.8, 4) is 11.5 Å². The number of aromatic hydroxyl groups is 1. The summed E-state index contributed by atoms with van der Waals surface area (Å²) in [7, 11) is 1.47. The second-order valence-electron chi connectivity index (χ2n) is 4.24. The molecule has 18 heavy (non-hydrogen) atoms. The molecule has 1 aliphatic rings. The van der Waals surface area contributed by atoms with Gasteiger partial charge in [-0.1, -0.05) is 6.07 Å². The summed E-state index contributed by atoms with van der Waals surface area (Å²) in [5.74, 6) is 2.09. The summed E-state index contributed by atoms with van der Waals surface area (Å²) in [6.45, 7) is 0. The zero-order chi connectivity index (χ0) is 13.0. The molecule has 1 atom stereocenters. The molecule has 2 rings (SSSR count). The first-order valence-corrected chi connectivity index (χ1v) is 7.12. The third-order valence-corrected chi connectivity index (χ3v) is 4.17. The number of rotatable bonds is 3. The Labute approximate surface area is 111 Å². The molecule has 1 aromatic carbocycles. The highest BCUT2D eigenvalue weighted by Crippen LogP contribution is 2.29. The van der Waals surface area contributed by atoms with Crippen LogP contribution in [-0.2, 0) is 0 Å². The van der Waals surface area contributed by atoms with E-state index in [1.54, 1.807) is 18.2 Å². The zero-order valence-electron chi connectivity index (χ0n) is 10.3. The van der Waals surface area contributed by atoms with Gasteiger partial charge in [-0.2, -0.15) is 11.8 Å². The third kappa shape index (κ3) is 2.90. The van der Waals surface area contributed by atoms with Crippen molar-refractivity contribution in [3.05, 3.63) is 23.8 Å². The molecule has 98 valence electrons. The molecule has 1 aliphatic heterocycles. The van der Waals surface area contributed by atoms with Crippen LogP contribution in [0, 0.1) is 0 Å². The Bertz CT molecular complexity index is 430. The Morgan fingerprint density at radius 1 is 1.56 bits per heavy atom. The van der Waals surface area contributed by atoms with Crippen LogP contribution in [0.3, 0.4) is 0 Å². The lowest BCUT2D eigenvalue weighted by Crippen LogP contribution is -2.38. The lowest BCUT2D eigenvalue weighted by Gasteiger charge is -2.22. The predicted octanol–water partition coefficient (Wildman–Crippen LogP) is 2.03. The number of thioether (sulfide) groups is 1. The van der Waals surface area contributed by atoms with E-state index in [1.165, 1.54) is 7.11 Å². The fourth-order valence-electron chi connectivity index (χ4n) is 1.99. The van der Waals surface area contributed by atoms with Gasteiger partial charge in [-0.05, 0) is 30.7 Å². The van der Waals surface area contributed by atoms with Gasteiger partial charge in [0, 0.05) is 11.8 Å². The number of para-hydroxylation sites is 1. The molecule has 0 saturated carbocycles. The van der Waals surface area contributed by atoms with Crippen LogP contribution in [0.4, 0.5) is 0 Å². The van der Waals surface area contributed by atoms with E-state index in [2.05, 4.69) is 5.32 Å². The third-order valence-electron chi connectivity index (χ3n) is 2.96. The number of hydrogen-bond acceptors (Lipinski definition) is 4. The minimum atomic E-state index is -0.237. The van der Waals surface area contributed by atoms with Gasteiger partial charge in [-0.15, -0.1) is 0 Å². The predicted molar refractivity (Wildman–Crippen MR) is 72.5 cm³/mol. The van der Waals surface area contributed by atoms with Gasteiger partial charge in [0.15, 0.2) is 11.5 Å². The summed E-state index contributed by atoms with van der Waals surface area (Å²) in [6, 6.07) is 5.12. The molecule has 0 aromatic heterocycles. The van der Waals surface area contributed by atoms with Gasteiger partial charge >= 0.3 is 0 Å². The summed E-state index contributed by atoms with van der Waals surface area (Å²) in [5, 5.41) is 12.8. The first kappa shape index (κ1) is 13.1. The number of phenolic OH excluding ortho intramolecular Hbond substituents is 1. The topological polar surface area (TPSA) is 58.6 Å². The van der Waals surface area contributed by atoms with Gasteiger partial charge in [0.25, 0.3) is 5.91 Å². The Balaban J connectivity index is 2.08. The van der Waals surface area contributed by atoms with Gasteiger partial charge in [0.05, 0.1) is 12.7 Å². The van der Waals surface area contributed by atoms with Crippen LogP contribution in [0.1, 0.15) is 23.2 Å². The zero-order valence-corrected chi connectivity index (χ0v) is 11.1. The monoisotopic (exact) mass is 267 g/mol. The number of phenols is 1. The molecular formula is C13H17NO3S. The number of nitrogens with one attached hydrogen (secondary N) is 1. The number of hydrogen-bond donors (Lipinski definition) is 2. The minimum absolute atomic E-state index is 0.0963. The fraction of sp³-hybridized carbons (Fsp3) is 0.462. The van der Waals surface area contributed by atoms with E-state index in [9.17, 15) is 9.90 Å². The number of carbonyl (C=O) groups is 1. The maximum atomic E-state index is 12.1. The fourth-order valence-corrected chi connectivity index (χ4v) is 3.06. The molecule has 5 heteroatoms. The molecule has 1 fully saturated rings. The van der Waals surface area contributed by atoms with Gasteiger partial charge in [0.2, 0.25) is 0 Å². The molecule has 0 aliphatic carbocycles. The van der Waals surface area contributed by atoms with Gasteiger partial charge in [-0.3, -0.25) is 4.79 Å². The van der Waals surface area contributed by atoms with Crippen molar-refractivity contribution in [2.24, 2.45) is 0 Å². The highest BCUT2D eigenvalue weighted by Gasteiger charge is 2.20. The van der Waals surface area contributed by atoms with E-state index in [0.717, 1.165) is 24.3 Å². The van der Waals surface area contributed by atoms with Crippen molar-refractivity contribution in [2.75, 3.05) is 18.6 Å². The van der Waals surface area contributed by atoms with E-state index in [1.807, 2.05) is 11.8 Å². The maximum absolute atomic E-state index is 12.1. The van der Waals surface area contributed by atoms with Crippen LogP contribution in [0.15, 0.2) is 18.2 Å². The molecule has 2 N–H and O–H groups in total.